The van der Waals surface area contributed by atoms with Crippen molar-refractivity contribution in [2.45, 2.75) is 18.2 Å². The molecule has 0 bridgehead atoms. The van der Waals surface area contributed by atoms with E-state index in [4.69, 9.17) is 9.47 Å². The highest BCUT2D eigenvalue weighted by molar-refractivity contribution is 7.89. The minimum absolute atomic E-state index is 0.354. The number of hydrogen-bond acceptors (Lipinski definition) is 6. The molecule has 0 aliphatic rings. The number of ether oxygens (including phenoxy) is 2. The average molecular weight is 442 g/mol. The zero-order chi connectivity index (χ0) is 22.3. The zero-order valence-corrected chi connectivity index (χ0v) is 17.0. The number of carbonyl (C=O) groups excluding carboxylic acids is 2. The lowest BCUT2D eigenvalue weighted by Gasteiger charge is -2.11. The van der Waals surface area contributed by atoms with Crippen molar-refractivity contribution in [3.63, 3.8) is 0 Å². The first kappa shape index (κ1) is 23.2. The molecule has 8 nitrogen and oxygen atoms in total. The number of amides is 1. The highest BCUT2D eigenvalue weighted by atomic mass is 32.2. The van der Waals surface area contributed by atoms with Crippen LogP contribution in [-0.4, -0.2) is 40.6 Å². The molecule has 1 amide bonds. The molecule has 0 heterocycles. The highest BCUT2D eigenvalue weighted by Gasteiger charge is 2.17. The van der Waals surface area contributed by atoms with E-state index in [1.54, 1.807) is 18.2 Å². The van der Waals surface area contributed by atoms with Gasteiger partial charge in [0.1, 0.15) is 5.75 Å². The molecule has 2 aromatic carbocycles. The molecule has 2 rings (SSSR count). The smallest absolute Gasteiger partial charge is 0.307 e. The van der Waals surface area contributed by atoms with Crippen LogP contribution in [0.2, 0.25) is 0 Å². The van der Waals surface area contributed by atoms with Crippen LogP contribution >= 0.6 is 0 Å². The van der Waals surface area contributed by atoms with E-state index in [0.717, 1.165) is 11.6 Å². The maximum atomic E-state index is 13.2. The van der Waals surface area contributed by atoms with E-state index in [2.05, 4.69) is 10.0 Å². The molecule has 162 valence electrons. The van der Waals surface area contributed by atoms with Gasteiger partial charge in [0.25, 0.3) is 5.91 Å². The summed E-state index contributed by atoms with van der Waals surface area (Å²) in [6, 6.07) is 7.26. The monoisotopic (exact) mass is 442 g/mol. The van der Waals surface area contributed by atoms with Gasteiger partial charge in [0.05, 0.1) is 24.1 Å². The first-order valence-electron chi connectivity index (χ1n) is 8.67. The average Bonchev–Trinajstić information content (AvgIpc) is 2.68. The summed E-state index contributed by atoms with van der Waals surface area (Å²) in [5.74, 6) is -3.48. The van der Waals surface area contributed by atoms with Crippen molar-refractivity contribution in [2.75, 3.05) is 25.6 Å². The molecule has 0 spiro atoms. The Kier molecular flexibility index (Phi) is 7.84. The van der Waals surface area contributed by atoms with Gasteiger partial charge >= 0.3 is 5.97 Å². The normalized spacial score (nSPS) is 11.1. The van der Waals surface area contributed by atoms with Crippen LogP contribution in [0.5, 0.6) is 5.75 Å². The van der Waals surface area contributed by atoms with Gasteiger partial charge < -0.3 is 14.8 Å². The molecule has 0 aromatic heterocycles. The molecular formula is C19H20F2N2O6S. The van der Waals surface area contributed by atoms with Crippen LogP contribution in [0.25, 0.3) is 0 Å². The quantitative estimate of drug-likeness (QED) is 0.576. The maximum Gasteiger partial charge on any atom is 0.307 e. The summed E-state index contributed by atoms with van der Waals surface area (Å²) in [6.45, 7) is 0.899. The van der Waals surface area contributed by atoms with Gasteiger partial charge in [0, 0.05) is 6.54 Å². The van der Waals surface area contributed by atoms with Crippen LogP contribution in [0.3, 0.4) is 0 Å². The minimum atomic E-state index is -4.14. The third kappa shape index (κ3) is 6.49. The third-order valence-electron chi connectivity index (χ3n) is 3.82. The standard InChI is InChI=1S/C19H20F2N2O6S/c1-12-3-6-17(28-2)16(9-12)23-18(24)11-29-19(25)7-8-22-30(26,27)13-4-5-14(20)15(21)10-13/h3-6,9-10,22H,7-8,11H2,1-2H3,(H,23,24). The predicted molar refractivity (Wildman–Crippen MR) is 103 cm³/mol. The number of hydrogen-bond donors (Lipinski definition) is 2. The Hall–Kier alpha value is -3.05. The molecule has 0 radical (unpaired) electrons. The Bertz CT molecular complexity index is 1040. The second kappa shape index (κ2) is 10.1. The van der Waals surface area contributed by atoms with Crippen molar-refractivity contribution in [1.29, 1.82) is 0 Å². The molecule has 2 N–H and O–H groups in total. The number of benzene rings is 2. The lowest BCUT2D eigenvalue weighted by atomic mass is 10.2. The molecular weight excluding hydrogens is 422 g/mol. The fourth-order valence-corrected chi connectivity index (χ4v) is 3.38. The number of anilines is 1. The van der Waals surface area contributed by atoms with Crippen LogP contribution in [0.1, 0.15) is 12.0 Å². The fourth-order valence-electron chi connectivity index (χ4n) is 2.34. The molecule has 0 aliphatic carbocycles. The van der Waals surface area contributed by atoms with Gasteiger partial charge in [-0.25, -0.2) is 21.9 Å². The molecule has 0 atom stereocenters. The number of methoxy groups -OCH3 is 1. The van der Waals surface area contributed by atoms with Gasteiger partial charge in [-0.1, -0.05) is 6.07 Å². The topological polar surface area (TPSA) is 111 Å². The fraction of sp³-hybridized carbons (Fsp3) is 0.263. The van der Waals surface area contributed by atoms with Crippen molar-refractivity contribution >= 4 is 27.6 Å². The molecule has 0 unspecified atom stereocenters. The summed E-state index contributed by atoms with van der Waals surface area (Å²) < 4.78 is 62.1. The van der Waals surface area contributed by atoms with E-state index < -0.39 is 45.0 Å². The van der Waals surface area contributed by atoms with Gasteiger partial charge in [-0.05, 0) is 42.8 Å². The third-order valence-corrected chi connectivity index (χ3v) is 5.27. The first-order valence-corrected chi connectivity index (χ1v) is 10.2. The van der Waals surface area contributed by atoms with E-state index >= 15 is 0 Å². The lowest BCUT2D eigenvalue weighted by Crippen LogP contribution is -2.28. The molecule has 0 saturated heterocycles. The summed E-state index contributed by atoms with van der Waals surface area (Å²) in [5.41, 5.74) is 1.30. The number of esters is 1. The summed E-state index contributed by atoms with van der Waals surface area (Å²) in [6.07, 6.45) is -0.371. The van der Waals surface area contributed by atoms with Gasteiger partial charge in [0.15, 0.2) is 18.2 Å². The molecule has 11 heteroatoms. The van der Waals surface area contributed by atoms with Crippen molar-refractivity contribution in [2.24, 2.45) is 0 Å². The largest absolute Gasteiger partial charge is 0.495 e. The maximum absolute atomic E-state index is 13.2. The first-order chi connectivity index (χ1) is 14.1. The lowest BCUT2D eigenvalue weighted by molar-refractivity contribution is -0.147. The molecule has 0 saturated carbocycles. The number of aryl methyl sites for hydroxylation is 1. The Morgan fingerprint density at radius 1 is 1.07 bits per heavy atom. The number of carbonyl (C=O) groups is 2. The molecule has 30 heavy (non-hydrogen) atoms. The van der Waals surface area contributed by atoms with Crippen molar-refractivity contribution in [3.8, 4) is 5.75 Å². The summed E-state index contributed by atoms with van der Waals surface area (Å²) >= 11 is 0. The van der Waals surface area contributed by atoms with Gasteiger partial charge in [-0.3, -0.25) is 9.59 Å². The number of rotatable bonds is 9. The van der Waals surface area contributed by atoms with Crippen LogP contribution in [0.15, 0.2) is 41.3 Å². The Morgan fingerprint density at radius 2 is 1.80 bits per heavy atom. The summed E-state index contributed by atoms with van der Waals surface area (Å²) in [4.78, 5) is 23.2. The van der Waals surface area contributed by atoms with Gasteiger partial charge in [-0.2, -0.15) is 0 Å². The van der Waals surface area contributed by atoms with Crippen molar-refractivity contribution < 1.29 is 36.3 Å². The summed E-state index contributed by atoms with van der Waals surface area (Å²) in [7, 11) is -2.69. The molecule has 0 fully saturated rings. The van der Waals surface area contributed by atoms with E-state index in [0.29, 0.717) is 23.6 Å². The van der Waals surface area contributed by atoms with E-state index in [1.807, 2.05) is 6.92 Å². The zero-order valence-electron chi connectivity index (χ0n) is 16.2. The van der Waals surface area contributed by atoms with Gasteiger partial charge in [-0.15, -0.1) is 0 Å². The Labute approximate surface area is 172 Å². The van der Waals surface area contributed by atoms with Crippen molar-refractivity contribution in [1.82, 2.24) is 4.72 Å². The predicted octanol–water partition coefficient (Wildman–Crippen LogP) is 2.13. The van der Waals surface area contributed by atoms with Crippen LogP contribution in [0, 0.1) is 18.6 Å². The number of nitrogens with one attached hydrogen (secondary N) is 2. The molecule has 0 aliphatic heterocycles. The second-order valence-electron chi connectivity index (χ2n) is 6.14. The van der Waals surface area contributed by atoms with E-state index in [9.17, 15) is 26.8 Å². The highest BCUT2D eigenvalue weighted by Crippen LogP contribution is 2.25. The molecule has 2 aromatic rings. The van der Waals surface area contributed by atoms with E-state index in [1.165, 1.54) is 7.11 Å². The van der Waals surface area contributed by atoms with Crippen LogP contribution < -0.4 is 14.8 Å². The van der Waals surface area contributed by atoms with E-state index in [-0.39, 0.29) is 13.0 Å². The van der Waals surface area contributed by atoms with Crippen LogP contribution in [-0.2, 0) is 24.3 Å². The Morgan fingerprint density at radius 3 is 2.47 bits per heavy atom. The Balaban J connectivity index is 1.80. The van der Waals surface area contributed by atoms with Crippen LogP contribution in [0.4, 0.5) is 14.5 Å². The SMILES string of the molecule is COc1ccc(C)cc1NC(=O)COC(=O)CCNS(=O)(=O)c1ccc(F)c(F)c1. The second-order valence-corrected chi connectivity index (χ2v) is 7.90. The van der Waals surface area contributed by atoms with Gasteiger partial charge in [0.2, 0.25) is 10.0 Å². The number of halogens is 2. The minimum Gasteiger partial charge on any atom is -0.495 e. The number of sulfonamides is 1. The summed E-state index contributed by atoms with van der Waals surface area (Å²) in [5, 5.41) is 2.55. The van der Waals surface area contributed by atoms with Crippen molar-refractivity contribution in [3.05, 3.63) is 53.6 Å².